The van der Waals surface area contributed by atoms with Crippen molar-refractivity contribution in [1.82, 2.24) is 5.32 Å². The summed E-state index contributed by atoms with van der Waals surface area (Å²) in [6.07, 6.45) is 1.63. The number of hydrogen-bond acceptors (Lipinski definition) is 4. The zero-order valence-electron chi connectivity index (χ0n) is 13.2. The number of benzene rings is 1. The van der Waals surface area contributed by atoms with Gasteiger partial charge in [-0.2, -0.15) is 0 Å². The molecular formula is C18H17NO5. The quantitative estimate of drug-likeness (QED) is 0.823. The van der Waals surface area contributed by atoms with Gasteiger partial charge in [0.1, 0.15) is 11.3 Å². The number of furan rings is 1. The predicted octanol–water partition coefficient (Wildman–Crippen LogP) is 2.89. The number of carboxylic acids is 1. The highest BCUT2D eigenvalue weighted by molar-refractivity contribution is 5.97. The van der Waals surface area contributed by atoms with E-state index in [2.05, 4.69) is 5.32 Å². The Balaban J connectivity index is 1.76. The van der Waals surface area contributed by atoms with E-state index in [1.54, 1.807) is 30.3 Å². The number of Topliss-reactive ketones (excluding diaryl/α,β-unsaturated/α-hetero) is 1. The molecule has 0 aliphatic heterocycles. The Morgan fingerprint density at radius 1 is 1.08 bits per heavy atom. The molecule has 1 saturated carbocycles. The third-order valence-corrected chi connectivity index (χ3v) is 4.38. The molecule has 3 rings (SSSR count). The first kappa shape index (κ1) is 16.0. The molecule has 2 N–H and O–H groups in total. The van der Waals surface area contributed by atoms with E-state index < -0.39 is 17.4 Å². The fraction of sp³-hybridized carbons (Fsp3) is 0.278. The molecule has 1 heterocycles. The van der Waals surface area contributed by atoms with E-state index in [4.69, 9.17) is 4.42 Å². The van der Waals surface area contributed by atoms with E-state index in [9.17, 15) is 19.5 Å². The van der Waals surface area contributed by atoms with Crippen molar-refractivity contribution in [2.45, 2.75) is 31.7 Å². The maximum atomic E-state index is 12.2. The molecule has 1 aliphatic carbocycles. The molecule has 1 amide bonds. The number of nitrogens with one attached hydrogen (secondary N) is 1. The van der Waals surface area contributed by atoms with E-state index >= 15 is 0 Å². The van der Waals surface area contributed by atoms with Gasteiger partial charge in [0, 0.05) is 11.1 Å². The molecule has 0 unspecified atom stereocenters. The average Bonchev–Trinajstić information content (AvgIpc) is 3.00. The van der Waals surface area contributed by atoms with Crippen LogP contribution < -0.4 is 5.32 Å². The van der Waals surface area contributed by atoms with Gasteiger partial charge in [0.15, 0.2) is 11.5 Å². The Morgan fingerprint density at radius 2 is 1.75 bits per heavy atom. The molecule has 1 fully saturated rings. The van der Waals surface area contributed by atoms with Crippen LogP contribution in [0.15, 0.2) is 40.8 Å². The van der Waals surface area contributed by atoms with Gasteiger partial charge in [-0.25, -0.2) is 4.79 Å². The van der Waals surface area contributed by atoms with Crippen LogP contribution in [-0.4, -0.2) is 28.3 Å². The van der Waals surface area contributed by atoms with Gasteiger partial charge in [-0.15, -0.1) is 0 Å². The molecule has 6 heteroatoms. The van der Waals surface area contributed by atoms with Gasteiger partial charge in [0.2, 0.25) is 0 Å². The second-order valence-electron chi connectivity index (χ2n) is 5.99. The monoisotopic (exact) mass is 327 g/mol. The van der Waals surface area contributed by atoms with Gasteiger partial charge < -0.3 is 14.8 Å². The summed E-state index contributed by atoms with van der Waals surface area (Å²) in [4.78, 5) is 34.8. The molecular weight excluding hydrogens is 310 g/mol. The molecule has 6 nitrogen and oxygen atoms in total. The van der Waals surface area contributed by atoms with Crippen LogP contribution in [0.5, 0.6) is 0 Å². The predicted molar refractivity (Wildman–Crippen MR) is 85.8 cm³/mol. The number of carboxylic acid groups (broad SMARTS) is 1. The lowest BCUT2D eigenvalue weighted by Crippen LogP contribution is -2.59. The number of aliphatic carboxylic acids is 1. The summed E-state index contributed by atoms with van der Waals surface area (Å²) < 4.78 is 5.54. The number of rotatable bonds is 5. The fourth-order valence-corrected chi connectivity index (χ4v) is 2.69. The van der Waals surface area contributed by atoms with E-state index in [1.807, 2.05) is 0 Å². The van der Waals surface area contributed by atoms with Crippen LogP contribution in [0.4, 0.5) is 0 Å². The topological polar surface area (TPSA) is 96.6 Å². The Bertz CT molecular complexity index is 799. The highest BCUT2D eigenvalue weighted by Gasteiger charge is 2.46. The van der Waals surface area contributed by atoms with Gasteiger partial charge in [0.05, 0.1) is 0 Å². The van der Waals surface area contributed by atoms with Gasteiger partial charge in [-0.05, 0) is 38.3 Å². The van der Waals surface area contributed by atoms with Crippen LogP contribution in [0, 0.1) is 0 Å². The molecule has 1 aromatic carbocycles. The highest BCUT2D eigenvalue weighted by atomic mass is 16.4. The molecule has 2 aromatic rings. The minimum atomic E-state index is -1.17. The van der Waals surface area contributed by atoms with Crippen molar-refractivity contribution in [2.75, 3.05) is 0 Å². The summed E-state index contributed by atoms with van der Waals surface area (Å²) in [6.45, 7) is 1.49. The lowest BCUT2D eigenvalue weighted by Gasteiger charge is -2.37. The van der Waals surface area contributed by atoms with Crippen molar-refractivity contribution < 1.29 is 23.9 Å². The maximum absolute atomic E-state index is 12.2. The van der Waals surface area contributed by atoms with Crippen molar-refractivity contribution >= 4 is 17.7 Å². The molecule has 0 saturated heterocycles. The van der Waals surface area contributed by atoms with E-state index in [0.29, 0.717) is 24.2 Å². The third-order valence-electron chi connectivity index (χ3n) is 4.38. The second-order valence-corrected chi connectivity index (χ2v) is 5.99. The van der Waals surface area contributed by atoms with Crippen LogP contribution >= 0.6 is 0 Å². The Kier molecular flexibility index (Phi) is 3.97. The normalized spacial score (nSPS) is 15.4. The largest absolute Gasteiger partial charge is 0.480 e. The fourth-order valence-electron chi connectivity index (χ4n) is 2.69. The minimum Gasteiger partial charge on any atom is -0.480 e. The molecule has 0 radical (unpaired) electrons. The van der Waals surface area contributed by atoms with Gasteiger partial charge in [-0.1, -0.05) is 24.3 Å². The first-order valence-corrected chi connectivity index (χ1v) is 7.68. The Labute approximate surface area is 138 Å². The van der Waals surface area contributed by atoms with Gasteiger partial charge in [-0.3, -0.25) is 9.59 Å². The first-order chi connectivity index (χ1) is 11.4. The van der Waals surface area contributed by atoms with Crippen LogP contribution in [0.3, 0.4) is 0 Å². The summed E-state index contributed by atoms with van der Waals surface area (Å²) >= 11 is 0. The summed E-state index contributed by atoms with van der Waals surface area (Å²) in [6, 6.07) is 10.0. The Hall–Kier alpha value is -2.89. The minimum absolute atomic E-state index is 0.0273. The molecule has 1 aliphatic rings. The molecule has 1 aromatic heterocycles. The number of ketones is 1. The first-order valence-electron chi connectivity index (χ1n) is 7.68. The average molecular weight is 327 g/mol. The van der Waals surface area contributed by atoms with Crippen LogP contribution in [0.1, 0.15) is 47.1 Å². The van der Waals surface area contributed by atoms with Crippen LogP contribution in [0.2, 0.25) is 0 Å². The second kappa shape index (κ2) is 5.96. The van der Waals surface area contributed by atoms with Crippen molar-refractivity contribution in [2.24, 2.45) is 0 Å². The lowest BCUT2D eigenvalue weighted by atomic mass is 9.76. The van der Waals surface area contributed by atoms with Crippen molar-refractivity contribution in [3.05, 3.63) is 47.7 Å². The van der Waals surface area contributed by atoms with Gasteiger partial charge in [0.25, 0.3) is 5.91 Å². The molecule has 124 valence electrons. The summed E-state index contributed by atoms with van der Waals surface area (Å²) in [5.41, 5.74) is 0.153. The summed E-state index contributed by atoms with van der Waals surface area (Å²) in [5.74, 6) is -1.04. The van der Waals surface area contributed by atoms with Crippen molar-refractivity contribution in [1.29, 1.82) is 0 Å². The SMILES string of the molecule is CC(=O)c1ccc(-c2ccc(C(=O)NC3(C(=O)O)CCC3)o2)cc1. The molecule has 0 spiro atoms. The number of carbonyl (C=O) groups excluding carboxylic acids is 2. The number of hydrogen-bond donors (Lipinski definition) is 2. The molecule has 0 atom stereocenters. The summed E-state index contributed by atoms with van der Waals surface area (Å²) in [5, 5.41) is 11.8. The van der Waals surface area contributed by atoms with Gasteiger partial charge >= 0.3 is 5.97 Å². The Morgan fingerprint density at radius 3 is 2.25 bits per heavy atom. The van der Waals surface area contributed by atoms with E-state index in [0.717, 1.165) is 12.0 Å². The third kappa shape index (κ3) is 2.82. The van der Waals surface area contributed by atoms with E-state index in [-0.39, 0.29) is 11.5 Å². The van der Waals surface area contributed by atoms with Crippen molar-refractivity contribution in [3.8, 4) is 11.3 Å². The van der Waals surface area contributed by atoms with Crippen molar-refractivity contribution in [3.63, 3.8) is 0 Å². The van der Waals surface area contributed by atoms with Crippen LogP contribution in [0.25, 0.3) is 11.3 Å². The lowest BCUT2D eigenvalue weighted by molar-refractivity contribution is -0.148. The standard InChI is InChI=1S/C18H17NO5/c1-11(20)12-3-5-13(6-4-12)14-7-8-15(24-14)16(21)19-18(17(22)23)9-2-10-18/h3-8H,2,9-10H2,1H3,(H,19,21)(H,22,23). The van der Waals surface area contributed by atoms with E-state index in [1.165, 1.54) is 13.0 Å². The number of amides is 1. The highest BCUT2D eigenvalue weighted by Crippen LogP contribution is 2.32. The maximum Gasteiger partial charge on any atom is 0.329 e. The zero-order chi connectivity index (χ0) is 17.3. The summed E-state index contributed by atoms with van der Waals surface area (Å²) in [7, 11) is 0. The molecule has 0 bridgehead atoms. The smallest absolute Gasteiger partial charge is 0.329 e. The zero-order valence-corrected chi connectivity index (χ0v) is 13.2. The molecule has 24 heavy (non-hydrogen) atoms. The number of carbonyl (C=O) groups is 3. The van der Waals surface area contributed by atoms with Crippen LogP contribution in [-0.2, 0) is 4.79 Å².